The highest BCUT2D eigenvalue weighted by Gasteiger charge is 2.17. The third-order valence-corrected chi connectivity index (χ3v) is 3.22. The average molecular weight is 228 g/mol. The van der Waals surface area contributed by atoms with E-state index in [1.54, 1.807) is 0 Å². The topological polar surface area (TPSA) is 55.0 Å². The molecular formula is C13H16N4. The van der Waals surface area contributed by atoms with Crippen LogP contribution in [0, 0.1) is 6.92 Å². The van der Waals surface area contributed by atoms with Crippen molar-refractivity contribution in [2.24, 2.45) is 0 Å². The van der Waals surface area contributed by atoms with Gasteiger partial charge >= 0.3 is 0 Å². The lowest BCUT2D eigenvalue weighted by molar-refractivity contribution is 0.925. The largest absolute Gasteiger partial charge is 0.399 e. The number of aryl methyl sites for hydroxylation is 1. The zero-order valence-electron chi connectivity index (χ0n) is 9.98. The maximum absolute atomic E-state index is 5.80. The van der Waals surface area contributed by atoms with Gasteiger partial charge in [-0.15, -0.1) is 0 Å². The highest BCUT2D eigenvalue weighted by atomic mass is 15.2. The number of hydrogen-bond acceptors (Lipinski definition) is 4. The summed E-state index contributed by atoms with van der Waals surface area (Å²) < 4.78 is 0. The van der Waals surface area contributed by atoms with Crippen LogP contribution in [0.2, 0.25) is 0 Å². The second kappa shape index (κ2) is 3.87. The zero-order chi connectivity index (χ0) is 11.8. The number of hydrogen-bond donors (Lipinski definition) is 1. The summed E-state index contributed by atoms with van der Waals surface area (Å²) in [4.78, 5) is 11.4. The number of anilines is 2. The van der Waals surface area contributed by atoms with Crippen LogP contribution in [0.15, 0.2) is 18.2 Å². The van der Waals surface area contributed by atoms with E-state index in [0.29, 0.717) is 0 Å². The molecule has 1 aliphatic rings. The van der Waals surface area contributed by atoms with E-state index >= 15 is 0 Å². The average Bonchev–Trinajstić information content (AvgIpc) is 2.80. The maximum Gasteiger partial charge on any atom is 0.140 e. The quantitative estimate of drug-likeness (QED) is 0.760. The van der Waals surface area contributed by atoms with Crippen LogP contribution in [0.25, 0.3) is 10.9 Å². The number of nitrogens with zero attached hydrogens (tertiary/aromatic N) is 3. The monoisotopic (exact) mass is 228 g/mol. The molecule has 1 aromatic carbocycles. The molecule has 0 bridgehead atoms. The van der Waals surface area contributed by atoms with E-state index in [1.165, 1.54) is 12.8 Å². The summed E-state index contributed by atoms with van der Waals surface area (Å²) in [6.07, 6.45) is 2.50. The van der Waals surface area contributed by atoms with Crippen molar-refractivity contribution in [3.05, 3.63) is 24.0 Å². The Morgan fingerprint density at radius 2 is 1.94 bits per heavy atom. The maximum atomic E-state index is 5.80. The molecule has 1 aliphatic heterocycles. The molecule has 88 valence electrons. The van der Waals surface area contributed by atoms with E-state index in [2.05, 4.69) is 14.9 Å². The summed E-state index contributed by atoms with van der Waals surface area (Å²) in [5, 5.41) is 1.10. The molecule has 1 fully saturated rings. The highest BCUT2D eigenvalue weighted by molar-refractivity contribution is 5.91. The lowest BCUT2D eigenvalue weighted by Gasteiger charge is -2.18. The van der Waals surface area contributed by atoms with Gasteiger partial charge in [0.15, 0.2) is 0 Å². The van der Waals surface area contributed by atoms with Gasteiger partial charge in [0.25, 0.3) is 0 Å². The van der Waals surface area contributed by atoms with E-state index in [-0.39, 0.29) is 0 Å². The second-order valence-corrected chi connectivity index (χ2v) is 4.57. The first-order chi connectivity index (χ1) is 8.24. The Labute approximate surface area is 100 Å². The van der Waals surface area contributed by atoms with Gasteiger partial charge < -0.3 is 10.6 Å². The van der Waals surface area contributed by atoms with E-state index in [4.69, 9.17) is 5.73 Å². The van der Waals surface area contributed by atoms with Crippen molar-refractivity contribution in [2.45, 2.75) is 19.8 Å². The van der Waals surface area contributed by atoms with Crippen molar-refractivity contribution in [1.29, 1.82) is 0 Å². The molecule has 17 heavy (non-hydrogen) atoms. The van der Waals surface area contributed by atoms with Crippen molar-refractivity contribution in [3.8, 4) is 0 Å². The zero-order valence-corrected chi connectivity index (χ0v) is 9.98. The molecule has 0 amide bonds. The molecule has 4 nitrogen and oxygen atoms in total. The standard InChI is InChI=1S/C13H16N4/c1-9-15-12-8-10(14)4-5-11(12)13(16-9)17-6-2-3-7-17/h4-5,8H,2-3,6-7,14H2,1H3. The molecule has 0 spiro atoms. The number of aromatic nitrogens is 2. The Kier molecular flexibility index (Phi) is 2.35. The lowest BCUT2D eigenvalue weighted by Crippen LogP contribution is -2.20. The molecule has 4 heteroatoms. The second-order valence-electron chi connectivity index (χ2n) is 4.57. The summed E-state index contributed by atoms with van der Waals surface area (Å²) in [5.74, 6) is 1.87. The van der Waals surface area contributed by atoms with E-state index < -0.39 is 0 Å². The van der Waals surface area contributed by atoms with Crippen LogP contribution in [-0.4, -0.2) is 23.1 Å². The number of benzene rings is 1. The summed E-state index contributed by atoms with van der Waals surface area (Å²) in [5.41, 5.74) is 7.50. The third kappa shape index (κ3) is 1.79. The molecule has 1 aromatic heterocycles. The number of rotatable bonds is 1. The van der Waals surface area contributed by atoms with Crippen molar-refractivity contribution < 1.29 is 0 Å². The molecule has 2 heterocycles. The SMILES string of the molecule is Cc1nc(N2CCCC2)c2ccc(N)cc2n1. The summed E-state index contributed by atoms with van der Waals surface area (Å²) >= 11 is 0. The van der Waals surface area contributed by atoms with Crippen LogP contribution in [-0.2, 0) is 0 Å². The van der Waals surface area contributed by atoms with E-state index in [0.717, 1.165) is 41.3 Å². The first kappa shape index (κ1) is 10.3. The first-order valence-electron chi connectivity index (χ1n) is 6.03. The Hall–Kier alpha value is -1.84. The van der Waals surface area contributed by atoms with Crippen LogP contribution >= 0.6 is 0 Å². The molecule has 0 saturated carbocycles. The molecule has 2 N–H and O–H groups in total. The highest BCUT2D eigenvalue weighted by Crippen LogP contribution is 2.27. The summed E-state index contributed by atoms with van der Waals surface area (Å²) in [7, 11) is 0. The van der Waals surface area contributed by atoms with Gasteiger partial charge in [-0.3, -0.25) is 0 Å². The number of fused-ring (bicyclic) bond motifs is 1. The molecule has 0 atom stereocenters. The third-order valence-electron chi connectivity index (χ3n) is 3.22. The predicted molar refractivity (Wildman–Crippen MR) is 70.1 cm³/mol. The van der Waals surface area contributed by atoms with Crippen LogP contribution in [0.4, 0.5) is 11.5 Å². The Balaban J connectivity index is 2.21. The Morgan fingerprint density at radius 3 is 2.71 bits per heavy atom. The van der Waals surface area contributed by atoms with Crippen molar-refractivity contribution in [1.82, 2.24) is 9.97 Å². The Morgan fingerprint density at radius 1 is 1.18 bits per heavy atom. The number of nitrogen functional groups attached to an aromatic ring is 1. The first-order valence-corrected chi connectivity index (χ1v) is 6.03. The molecule has 1 saturated heterocycles. The van der Waals surface area contributed by atoms with Crippen LogP contribution in [0.1, 0.15) is 18.7 Å². The summed E-state index contributed by atoms with van der Waals surface area (Å²) in [6.45, 7) is 4.12. The molecular weight excluding hydrogens is 212 g/mol. The van der Waals surface area contributed by atoms with Crippen molar-refractivity contribution in [3.63, 3.8) is 0 Å². The molecule has 2 aromatic rings. The fourth-order valence-corrected chi connectivity index (χ4v) is 2.41. The normalized spacial score (nSPS) is 15.7. The lowest BCUT2D eigenvalue weighted by atomic mass is 10.2. The van der Waals surface area contributed by atoms with Crippen LogP contribution in [0.3, 0.4) is 0 Å². The Bertz CT molecular complexity index is 553. The molecule has 0 unspecified atom stereocenters. The van der Waals surface area contributed by atoms with E-state index in [1.807, 2.05) is 25.1 Å². The molecule has 3 rings (SSSR count). The molecule has 0 aliphatic carbocycles. The van der Waals surface area contributed by atoms with Gasteiger partial charge in [0, 0.05) is 24.2 Å². The van der Waals surface area contributed by atoms with Crippen molar-refractivity contribution >= 4 is 22.4 Å². The van der Waals surface area contributed by atoms with Gasteiger partial charge in [-0.1, -0.05) is 0 Å². The van der Waals surface area contributed by atoms with Crippen LogP contribution < -0.4 is 10.6 Å². The summed E-state index contributed by atoms with van der Waals surface area (Å²) in [6, 6.07) is 5.86. The van der Waals surface area contributed by atoms with Gasteiger partial charge in [0.1, 0.15) is 11.6 Å². The van der Waals surface area contributed by atoms with Gasteiger partial charge in [-0.05, 0) is 38.0 Å². The molecule has 0 radical (unpaired) electrons. The van der Waals surface area contributed by atoms with E-state index in [9.17, 15) is 0 Å². The van der Waals surface area contributed by atoms with Gasteiger partial charge in [-0.2, -0.15) is 0 Å². The van der Waals surface area contributed by atoms with Gasteiger partial charge in [-0.25, -0.2) is 9.97 Å². The predicted octanol–water partition coefficient (Wildman–Crippen LogP) is 2.12. The van der Waals surface area contributed by atoms with Crippen molar-refractivity contribution in [2.75, 3.05) is 23.7 Å². The fraction of sp³-hybridized carbons (Fsp3) is 0.385. The van der Waals surface area contributed by atoms with Crippen LogP contribution in [0.5, 0.6) is 0 Å². The van der Waals surface area contributed by atoms with Gasteiger partial charge in [0.2, 0.25) is 0 Å². The minimum absolute atomic E-state index is 0.753. The smallest absolute Gasteiger partial charge is 0.140 e. The van der Waals surface area contributed by atoms with Gasteiger partial charge in [0.05, 0.1) is 5.52 Å². The minimum Gasteiger partial charge on any atom is -0.399 e. The fourth-order valence-electron chi connectivity index (χ4n) is 2.41. The number of nitrogens with two attached hydrogens (primary N) is 1. The minimum atomic E-state index is 0.753.